The molecule has 8 nitrogen and oxygen atoms in total. The minimum atomic E-state index is -4.43. The van der Waals surface area contributed by atoms with Gasteiger partial charge in [-0.1, -0.05) is 0 Å². The summed E-state index contributed by atoms with van der Waals surface area (Å²) in [7, 11) is 1.37. The van der Waals surface area contributed by atoms with Gasteiger partial charge in [-0.15, -0.1) is 10.2 Å². The van der Waals surface area contributed by atoms with Crippen molar-refractivity contribution in [3.8, 4) is 17.0 Å². The van der Waals surface area contributed by atoms with E-state index < -0.39 is 18.6 Å². The predicted molar refractivity (Wildman–Crippen MR) is 104 cm³/mol. The van der Waals surface area contributed by atoms with Crippen LogP contribution in [0.1, 0.15) is 24.6 Å². The predicted octanol–water partition coefficient (Wildman–Crippen LogP) is 2.27. The summed E-state index contributed by atoms with van der Waals surface area (Å²) in [6.07, 6.45) is -3.56. The summed E-state index contributed by atoms with van der Waals surface area (Å²) >= 11 is 0. The highest BCUT2D eigenvalue weighted by Crippen LogP contribution is 2.33. The number of aromatic nitrogens is 3. The Labute approximate surface area is 170 Å². The van der Waals surface area contributed by atoms with Crippen LogP contribution in [0.3, 0.4) is 0 Å². The summed E-state index contributed by atoms with van der Waals surface area (Å²) in [5, 5.41) is 13.6. The highest BCUT2D eigenvalue weighted by molar-refractivity contribution is 5.86. The minimum Gasteiger partial charge on any atom is -0.497 e. The van der Waals surface area contributed by atoms with Gasteiger partial charge in [-0.05, 0) is 43.2 Å². The van der Waals surface area contributed by atoms with Crippen molar-refractivity contribution in [1.29, 1.82) is 0 Å². The number of amides is 1. The van der Waals surface area contributed by atoms with Gasteiger partial charge in [-0.2, -0.15) is 13.2 Å². The SMILES string of the molecule is COc1ccc(-c2nnc(NC3CCNC3=O)nc2C=C(C)N)c(CC(F)(F)F)c1. The van der Waals surface area contributed by atoms with Gasteiger partial charge in [-0.25, -0.2) is 4.98 Å². The molecule has 0 spiro atoms. The molecule has 1 atom stereocenters. The molecule has 1 fully saturated rings. The first-order valence-electron chi connectivity index (χ1n) is 9.13. The van der Waals surface area contributed by atoms with Crippen molar-refractivity contribution < 1.29 is 22.7 Å². The molecule has 2 aromatic rings. The van der Waals surface area contributed by atoms with Crippen LogP contribution in [-0.4, -0.2) is 47.0 Å². The number of hydrogen-bond donors (Lipinski definition) is 3. The molecule has 1 aliphatic rings. The average molecular weight is 422 g/mol. The van der Waals surface area contributed by atoms with Crippen LogP contribution in [-0.2, 0) is 11.2 Å². The number of alkyl halides is 3. The lowest BCUT2D eigenvalue weighted by Crippen LogP contribution is -2.30. The molecular weight excluding hydrogens is 401 g/mol. The molecule has 1 aromatic heterocycles. The summed E-state index contributed by atoms with van der Waals surface area (Å²) in [6, 6.07) is 3.82. The fourth-order valence-electron chi connectivity index (χ4n) is 3.09. The molecular formula is C19H21F3N6O2. The highest BCUT2D eigenvalue weighted by Gasteiger charge is 2.30. The van der Waals surface area contributed by atoms with Gasteiger partial charge in [-0.3, -0.25) is 4.79 Å². The molecule has 0 bridgehead atoms. The van der Waals surface area contributed by atoms with Crippen LogP contribution in [0.15, 0.2) is 23.9 Å². The van der Waals surface area contributed by atoms with Crippen molar-refractivity contribution in [2.45, 2.75) is 32.0 Å². The molecule has 1 aromatic carbocycles. The number of benzene rings is 1. The Morgan fingerprint density at radius 2 is 2.17 bits per heavy atom. The molecule has 0 saturated carbocycles. The van der Waals surface area contributed by atoms with E-state index >= 15 is 0 Å². The Morgan fingerprint density at radius 3 is 2.77 bits per heavy atom. The van der Waals surface area contributed by atoms with Crippen LogP contribution in [0.5, 0.6) is 5.75 Å². The maximum absolute atomic E-state index is 13.1. The Morgan fingerprint density at radius 1 is 1.40 bits per heavy atom. The van der Waals surface area contributed by atoms with Gasteiger partial charge in [0.2, 0.25) is 11.9 Å². The number of anilines is 1. The third-order valence-corrected chi connectivity index (χ3v) is 4.39. The quantitative estimate of drug-likeness (QED) is 0.654. The molecule has 4 N–H and O–H groups in total. The monoisotopic (exact) mass is 422 g/mol. The van der Waals surface area contributed by atoms with Gasteiger partial charge in [0.1, 0.15) is 17.5 Å². The van der Waals surface area contributed by atoms with E-state index in [-0.39, 0.29) is 40.1 Å². The standard InChI is InChI=1S/C19H21F3N6O2/c1-10(23)7-15-16(27-28-18(26-15)25-14-5-6-24-17(14)29)13-4-3-12(30-2)8-11(13)9-19(20,21)22/h3-4,7-8,14H,5-6,9,23H2,1-2H3,(H,24,29)(H,25,26,28). The maximum atomic E-state index is 13.1. The van der Waals surface area contributed by atoms with Crippen molar-refractivity contribution in [3.05, 3.63) is 35.2 Å². The van der Waals surface area contributed by atoms with Crippen LogP contribution in [0.4, 0.5) is 19.1 Å². The summed E-state index contributed by atoms with van der Waals surface area (Å²) < 4.78 is 44.5. The molecule has 1 saturated heterocycles. The minimum absolute atomic E-state index is 0.0295. The molecule has 0 aliphatic carbocycles. The Kier molecular flexibility index (Phi) is 6.09. The van der Waals surface area contributed by atoms with Crippen LogP contribution in [0, 0.1) is 0 Å². The number of nitrogens with zero attached hydrogens (tertiary/aromatic N) is 3. The summed E-state index contributed by atoms with van der Waals surface area (Å²) in [6.45, 7) is 2.15. The number of nitrogens with one attached hydrogen (secondary N) is 2. The third-order valence-electron chi connectivity index (χ3n) is 4.39. The second-order valence-corrected chi connectivity index (χ2v) is 6.85. The normalized spacial score (nSPS) is 17.0. The largest absolute Gasteiger partial charge is 0.497 e. The number of rotatable bonds is 6. The van der Waals surface area contributed by atoms with Crippen molar-refractivity contribution >= 4 is 17.9 Å². The number of ether oxygens (including phenoxy) is 1. The van der Waals surface area contributed by atoms with Crippen LogP contribution >= 0.6 is 0 Å². The number of nitrogens with two attached hydrogens (primary N) is 1. The molecule has 1 unspecified atom stereocenters. The molecule has 0 radical (unpaired) electrons. The smallest absolute Gasteiger partial charge is 0.393 e. The second kappa shape index (κ2) is 8.56. The van der Waals surface area contributed by atoms with Gasteiger partial charge in [0.05, 0.1) is 19.2 Å². The molecule has 30 heavy (non-hydrogen) atoms. The lowest BCUT2D eigenvalue weighted by Gasteiger charge is -2.15. The van der Waals surface area contributed by atoms with Crippen LogP contribution < -0.4 is 21.1 Å². The first kappa shape index (κ1) is 21.3. The van der Waals surface area contributed by atoms with E-state index in [0.29, 0.717) is 18.7 Å². The Bertz CT molecular complexity index is 973. The number of methoxy groups -OCH3 is 1. The second-order valence-electron chi connectivity index (χ2n) is 6.85. The average Bonchev–Trinajstić information content (AvgIpc) is 3.05. The Hall–Kier alpha value is -3.37. The zero-order chi connectivity index (χ0) is 21.9. The van der Waals surface area contributed by atoms with Gasteiger partial charge < -0.3 is 21.1 Å². The lowest BCUT2D eigenvalue weighted by atomic mass is 9.99. The Balaban J connectivity index is 2.06. The van der Waals surface area contributed by atoms with Crippen molar-refractivity contribution in [3.63, 3.8) is 0 Å². The highest BCUT2D eigenvalue weighted by atomic mass is 19.4. The van der Waals surface area contributed by atoms with E-state index in [0.717, 1.165) is 0 Å². The molecule has 160 valence electrons. The van der Waals surface area contributed by atoms with E-state index in [2.05, 4.69) is 25.8 Å². The van der Waals surface area contributed by atoms with Crippen molar-refractivity contribution in [2.24, 2.45) is 5.73 Å². The van der Waals surface area contributed by atoms with Crippen molar-refractivity contribution in [1.82, 2.24) is 20.5 Å². The number of hydrogen-bond acceptors (Lipinski definition) is 7. The summed E-state index contributed by atoms with van der Waals surface area (Å²) in [4.78, 5) is 16.1. The van der Waals surface area contributed by atoms with E-state index in [1.54, 1.807) is 6.92 Å². The lowest BCUT2D eigenvalue weighted by molar-refractivity contribution is -0.127. The van der Waals surface area contributed by atoms with Gasteiger partial charge in [0.15, 0.2) is 0 Å². The van der Waals surface area contributed by atoms with Gasteiger partial charge in [0, 0.05) is 17.8 Å². The van der Waals surface area contributed by atoms with E-state index in [1.165, 1.54) is 31.4 Å². The number of carbonyl (C=O) groups is 1. The zero-order valence-electron chi connectivity index (χ0n) is 16.4. The van der Waals surface area contributed by atoms with E-state index in [9.17, 15) is 18.0 Å². The van der Waals surface area contributed by atoms with Gasteiger partial charge in [0.25, 0.3) is 0 Å². The maximum Gasteiger partial charge on any atom is 0.393 e. The molecule has 2 heterocycles. The number of halogens is 3. The molecule has 11 heteroatoms. The fraction of sp³-hybridized carbons (Fsp3) is 0.368. The van der Waals surface area contributed by atoms with Gasteiger partial charge >= 0.3 is 6.18 Å². The third kappa shape index (κ3) is 5.16. The zero-order valence-corrected chi connectivity index (χ0v) is 16.4. The number of allylic oxidation sites excluding steroid dienone is 1. The first-order valence-corrected chi connectivity index (χ1v) is 9.13. The summed E-state index contributed by atoms with van der Waals surface area (Å²) in [5.41, 5.74) is 6.72. The molecule has 1 aliphatic heterocycles. The van der Waals surface area contributed by atoms with Crippen molar-refractivity contribution in [2.75, 3.05) is 19.0 Å². The topological polar surface area (TPSA) is 115 Å². The number of carbonyl (C=O) groups excluding carboxylic acids is 1. The molecule has 1 amide bonds. The first-order chi connectivity index (χ1) is 14.2. The fourth-order valence-corrected chi connectivity index (χ4v) is 3.09. The summed E-state index contributed by atoms with van der Waals surface area (Å²) in [5.74, 6) is 0.188. The van der Waals surface area contributed by atoms with E-state index in [1.807, 2.05) is 0 Å². The molecule has 3 rings (SSSR count). The van der Waals surface area contributed by atoms with Crippen LogP contribution in [0.25, 0.3) is 17.3 Å². The van der Waals surface area contributed by atoms with E-state index in [4.69, 9.17) is 10.5 Å². The van der Waals surface area contributed by atoms with Crippen LogP contribution in [0.2, 0.25) is 0 Å².